The molecule has 0 bridgehead atoms. The fourth-order valence-corrected chi connectivity index (χ4v) is 1.78. The van der Waals surface area contributed by atoms with Crippen molar-refractivity contribution in [3.05, 3.63) is 16.9 Å². The van der Waals surface area contributed by atoms with Crippen LogP contribution in [0.4, 0.5) is 14.5 Å². The number of alkyl halides is 2. The number of nitrogen functional groups attached to an aromatic ring is 1. The molecule has 1 heterocycles. The summed E-state index contributed by atoms with van der Waals surface area (Å²) in [5.41, 5.74) is 3.94. The lowest BCUT2D eigenvalue weighted by molar-refractivity contribution is 0.146. The van der Waals surface area contributed by atoms with Crippen molar-refractivity contribution in [2.45, 2.75) is 11.3 Å². The maximum atomic E-state index is 12.3. The normalized spacial score (nSPS) is 12.1. The molecule has 84 valence electrons. The zero-order valence-corrected chi connectivity index (χ0v) is 8.69. The van der Waals surface area contributed by atoms with Gasteiger partial charge < -0.3 is 5.73 Å². The summed E-state index contributed by atoms with van der Waals surface area (Å²) in [6, 6.07) is 0. The molecule has 0 aliphatic rings. The van der Waals surface area contributed by atoms with E-state index in [-0.39, 0.29) is 0 Å². The van der Waals surface area contributed by atoms with Crippen LogP contribution in [0.3, 0.4) is 0 Å². The van der Waals surface area contributed by atoms with Gasteiger partial charge in [0.05, 0.1) is 10.7 Å². The molecule has 0 aliphatic heterocycles. The number of nitrogens with two attached hydrogens (primary N) is 2. The first-order chi connectivity index (χ1) is 6.75. The Morgan fingerprint density at radius 2 is 2.00 bits per heavy atom. The lowest BCUT2D eigenvalue weighted by Gasteiger charge is -2.08. The number of pyridine rings is 1. The predicted octanol–water partition coefficient (Wildman–Crippen LogP) is 0.902. The van der Waals surface area contributed by atoms with E-state index in [9.17, 15) is 17.2 Å². The van der Waals surface area contributed by atoms with Crippen LogP contribution >= 0.6 is 11.6 Å². The molecule has 0 aromatic carbocycles. The Bertz CT molecular complexity index is 491. The molecule has 0 amide bonds. The van der Waals surface area contributed by atoms with Gasteiger partial charge in [-0.25, -0.2) is 22.3 Å². The second kappa shape index (κ2) is 3.87. The van der Waals surface area contributed by atoms with E-state index in [4.69, 9.17) is 22.5 Å². The third kappa shape index (κ3) is 2.33. The van der Waals surface area contributed by atoms with Crippen LogP contribution in [0.2, 0.25) is 5.02 Å². The molecule has 1 aromatic rings. The molecule has 9 heteroatoms. The average molecular weight is 258 g/mol. The van der Waals surface area contributed by atoms with E-state index in [1.54, 1.807) is 0 Å². The molecule has 0 radical (unpaired) electrons. The smallest absolute Gasteiger partial charge is 0.281 e. The Labute approximate surface area is 89.1 Å². The van der Waals surface area contributed by atoms with Crippen molar-refractivity contribution in [2.75, 3.05) is 5.73 Å². The summed E-state index contributed by atoms with van der Waals surface area (Å²) in [5.74, 6) is 0. The van der Waals surface area contributed by atoms with E-state index in [0.29, 0.717) is 6.20 Å². The zero-order valence-electron chi connectivity index (χ0n) is 7.12. The minimum atomic E-state index is -4.12. The van der Waals surface area contributed by atoms with Crippen molar-refractivity contribution < 1.29 is 17.2 Å². The minimum absolute atomic E-state index is 0.524. The standard InChI is InChI=1S/C6H6ClF2N3O2S/c7-3-4(10)2(15(11,13)14)1-12-5(3)6(8)9/h1,6H,(H2,10,12)(H2,11,13,14). The number of anilines is 1. The van der Waals surface area contributed by atoms with Gasteiger partial charge in [0, 0.05) is 6.20 Å². The van der Waals surface area contributed by atoms with Gasteiger partial charge in [-0.2, -0.15) is 0 Å². The largest absolute Gasteiger partial charge is 0.396 e. The molecule has 0 unspecified atom stereocenters. The number of hydrogen-bond acceptors (Lipinski definition) is 4. The summed E-state index contributed by atoms with van der Waals surface area (Å²) < 4.78 is 46.3. The van der Waals surface area contributed by atoms with Gasteiger partial charge in [-0.3, -0.25) is 4.98 Å². The Kier molecular flexibility index (Phi) is 3.12. The first kappa shape index (κ1) is 12.1. The summed E-state index contributed by atoms with van der Waals surface area (Å²) in [4.78, 5) is 2.61. The van der Waals surface area contributed by atoms with Crippen LogP contribution in [0, 0.1) is 0 Å². The van der Waals surface area contributed by atoms with E-state index < -0.39 is 37.7 Å². The molecular formula is C6H6ClF2N3O2S. The van der Waals surface area contributed by atoms with Gasteiger partial charge in [-0.15, -0.1) is 0 Å². The highest BCUT2D eigenvalue weighted by molar-refractivity contribution is 7.89. The van der Waals surface area contributed by atoms with Gasteiger partial charge in [0.25, 0.3) is 6.43 Å². The molecule has 5 nitrogen and oxygen atoms in total. The van der Waals surface area contributed by atoms with Crippen molar-refractivity contribution in [2.24, 2.45) is 5.14 Å². The Balaban J connectivity index is 3.48. The van der Waals surface area contributed by atoms with E-state index in [0.717, 1.165) is 0 Å². The molecule has 0 saturated carbocycles. The van der Waals surface area contributed by atoms with Crippen LogP contribution in [0.25, 0.3) is 0 Å². The number of nitrogens with zero attached hydrogens (tertiary/aromatic N) is 1. The van der Waals surface area contributed by atoms with Crippen molar-refractivity contribution in [1.29, 1.82) is 0 Å². The van der Waals surface area contributed by atoms with E-state index in [1.807, 2.05) is 0 Å². The molecule has 0 saturated heterocycles. The molecule has 1 rings (SSSR count). The van der Waals surface area contributed by atoms with E-state index in [1.165, 1.54) is 0 Å². The van der Waals surface area contributed by atoms with Crippen LogP contribution in [-0.4, -0.2) is 13.4 Å². The first-order valence-electron chi connectivity index (χ1n) is 3.50. The third-order valence-corrected chi connectivity index (χ3v) is 2.90. The second-order valence-electron chi connectivity index (χ2n) is 2.58. The number of hydrogen-bond donors (Lipinski definition) is 2. The van der Waals surface area contributed by atoms with Gasteiger partial charge in [0.15, 0.2) is 0 Å². The number of primary sulfonamides is 1. The van der Waals surface area contributed by atoms with Crippen molar-refractivity contribution in [3.8, 4) is 0 Å². The highest BCUT2D eigenvalue weighted by Gasteiger charge is 2.22. The van der Waals surface area contributed by atoms with Crippen LogP contribution in [0.5, 0.6) is 0 Å². The molecule has 0 fully saturated rings. The second-order valence-corrected chi connectivity index (χ2v) is 4.49. The van der Waals surface area contributed by atoms with Gasteiger partial charge in [-0.05, 0) is 0 Å². The summed E-state index contributed by atoms with van der Waals surface area (Å²) in [7, 11) is -4.12. The lowest BCUT2D eigenvalue weighted by Crippen LogP contribution is -2.15. The molecule has 15 heavy (non-hydrogen) atoms. The van der Waals surface area contributed by atoms with Crippen molar-refractivity contribution >= 4 is 27.3 Å². The summed E-state index contributed by atoms with van der Waals surface area (Å²) in [5, 5.41) is 4.16. The zero-order chi connectivity index (χ0) is 11.8. The first-order valence-corrected chi connectivity index (χ1v) is 5.42. The minimum Gasteiger partial charge on any atom is -0.396 e. The van der Waals surface area contributed by atoms with E-state index in [2.05, 4.69) is 4.98 Å². The summed E-state index contributed by atoms with van der Waals surface area (Å²) >= 11 is 5.41. The fraction of sp³-hybridized carbons (Fsp3) is 0.167. The average Bonchev–Trinajstić information content (AvgIpc) is 2.06. The van der Waals surface area contributed by atoms with E-state index >= 15 is 0 Å². The monoisotopic (exact) mass is 257 g/mol. The van der Waals surface area contributed by atoms with Crippen LogP contribution in [-0.2, 0) is 10.0 Å². The quantitative estimate of drug-likeness (QED) is 0.822. The SMILES string of the molecule is Nc1c(S(N)(=O)=O)cnc(C(F)F)c1Cl. The molecule has 0 spiro atoms. The number of sulfonamides is 1. The van der Waals surface area contributed by atoms with Gasteiger partial charge >= 0.3 is 0 Å². The van der Waals surface area contributed by atoms with Gasteiger partial charge in [0.1, 0.15) is 10.6 Å². The highest BCUT2D eigenvalue weighted by atomic mass is 35.5. The maximum absolute atomic E-state index is 12.3. The topological polar surface area (TPSA) is 99.1 Å². The van der Waals surface area contributed by atoms with Crippen LogP contribution in [0.15, 0.2) is 11.1 Å². The third-order valence-electron chi connectivity index (χ3n) is 1.56. The lowest BCUT2D eigenvalue weighted by atomic mass is 10.3. The van der Waals surface area contributed by atoms with Crippen LogP contribution in [0.1, 0.15) is 12.1 Å². The number of aromatic nitrogens is 1. The van der Waals surface area contributed by atoms with Gasteiger partial charge in [-0.1, -0.05) is 11.6 Å². The van der Waals surface area contributed by atoms with Crippen molar-refractivity contribution in [1.82, 2.24) is 4.98 Å². The number of rotatable bonds is 2. The molecular weight excluding hydrogens is 252 g/mol. The maximum Gasteiger partial charge on any atom is 0.281 e. The predicted molar refractivity (Wildman–Crippen MR) is 50.0 cm³/mol. The van der Waals surface area contributed by atoms with Gasteiger partial charge in [0.2, 0.25) is 10.0 Å². The highest BCUT2D eigenvalue weighted by Crippen LogP contribution is 2.32. The molecule has 0 atom stereocenters. The number of halogens is 3. The summed E-state index contributed by atoms with van der Waals surface area (Å²) in [6.45, 7) is 0. The van der Waals surface area contributed by atoms with Crippen molar-refractivity contribution in [3.63, 3.8) is 0 Å². The molecule has 4 N–H and O–H groups in total. The molecule has 1 aromatic heterocycles. The Hall–Kier alpha value is -0.990. The van der Waals surface area contributed by atoms with Crippen LogP contribution < -0.4 is 10.9 Å². The summed E-state index contributed by atoms with van der Waals surface area (Å²) in [6.07, 6.45) is -2.28. The Morgan fingerprint density at radius 1 is 1.47 bits per heavy atom. The Morgan fingerprint density at radius 3 is 2.40 bits per heavy atom. The molecule has 0 aliphatic carbocycles. The fourth-order valence-electron chi connectivity index (χ4n) is 0.879.